The van der Waals surface area contributed by atoms with Crippen molar-refractivity contribution in [3.8, 4) is 0 Å². The van der Waals surface area contributed by atoms with Gasteiger partial charge in [-0.3, -0.25) is 4.98 Å². The minimum absolute atomic E-state index is 0.586. The van der Waals surface area contributed by atoms with Crippen molar-refractivity contribution < 1.29 is 0 Å². The molecule has 3 heteroatoms. The van der Waals surface area contributed by atoms with Crippen molar-refractivity contribution in [1.82, 2.24) is 10.3 Å². The first-order valence-electron chi connectivity index (χ1n) is 7.84. The molecule has 1 N–H and O–H groups in total. The van der Waals surface area contributed by atoms with E-state index in [0.29, 0.717) is 6.04 Å². The van der Waals surface area contributed by atoms with Crippen molar-refractivity contribution in [1.29, 1.82) is 0 Å². The number of nitrogens with one attached hydrogen (secondary N) is 1. The van der Waals surface area contributed by atoms with Crippen LogP contribution in [-0.2, 0) is 6.42 Å². The van der Waals surface area contributed by atoms with E-state index in [1.165, 1.54) is 30.5 Å². The Morgan fingerprint density at radius 1 is 1.14 bits per heavy atom. The number of pyridine rings is 1. The first-order chi connectivity index (χ1) is 10.4. The molecule has 1 unspecified atom stereocenters. The highest BCUT2D eigenvalue weighted by Gasteiger charge is 2.19. The van der Waals surface area contributed by atoms with Crippen molar-refractivity contribution in [2.24, 2.45) is 0 Å². The molecule has 1 aliphatic rings. The third-order valence-electron chi connectivity index (χ3n) is 4.13. The van der Waals surface area contributed by atoms with E-state index in [1.807, 2.05) is 18.5 Å². The second-order valence-electron chi connectivity index (χ2n) is 5.69. The summed E-state index contributed by atoms with van der Waals surface area (Å²) in [5, 5.41) is 3.64. The fraction of sp³-hybridized carbons (Fsp3) is 0.389. The van der Waals surface area contributed by atoms with E-state index < -0.39 is 0 Å². The van der Waals surface area contributed by atoms with E-state index >= 15 is 0 Å². The number of anilines is 1. The highest BCUT2D eigenvalue weighted by Crippen LogP contribution is 2.16. The molecule has 2 heterocycles. The van der Waals surface area contributed by atoms with Crippen LogP contribution < -0.4 is 10.2 Å². The highest BCUT2D eigenvalue weighted by atomic mass is 15.2. The molecule has 110 valence electrons. The third-order valence-corrected chi connectivity index (χ3v) is 4.13. The normalized spacial score (nSPS) is 18.7. The average Bonchev–Trinajstić information content (AvgIpc) is 2.57. The number of aromatic nitrogens is 1. The Morgan fingerprint density at radius 2 is 2.05 bits per heavy atom. The second-order valence-corrected chi connectivity index (χ2v) is 5.69. The SMILES string of the molecule is c1ccc(CCCC2CN(c3cccnc3)CCN2)cc1. The summed E-state index contributed by atoms with van der Waals surface area (Å²) in [6.45, 7) is 3.21. The standard InChI is InChI=1S/C18H23N3/c1-2-6-16(7-3-1)8-4-9-17-15-21(13-12-20-17)18-10-5-11-19-14-18/h1-3,5-7,10-11,14,17,20H,4,8-9,12-13,15H2. The van der Waals surface area contributed by atoms with E-state index in [1.54, 1.807) is 0 Å². The van der Waals surface area contributed by atoms with Gasteiger partial charge in [0.05, 0.1) is 11.9 Å². The quantitative estimate of drug-likeness (QED) is 0.913. The van der Waals surface area contributed by atoms with Crippen LogP contribution in [0.3, 0.4) is 0 Å². The summed E-state index contributed by atoms with van der Waals surface area (Å²) >= 11 is 0. The average molecular weight is 281 g/mol. The molecule has 0 aliphatic carbocycles. The van der Waals surface area contributed by atoms with Gasteiger partial charge in [0.2, 0.25) is 0 Å². The number of rotatable bonds is 5. The molecule has 1 fully saturated rings. The number of benzene rings is 1. The van der Waals surface area contributed by atoms with E-state index in [0.717, 1.165) is 19.6 Å². The zero-order valence-electron chi connectivity index (χ0n) is 12.4. The first kappa shape index (κ1) is 14.1. The molecule has 1 aliphatic heterocycles. The zero-order chi connectivity index (χ0) is 14.3. The first-order valence-corrected chi connectivity index (χ1v) is 7.84. The van der Waals surface area contributed by atoms with E-state index in [-0.39, 0.29) is 0 Å². The molecule has 21 heavy (non-hydrogen) atoms. The van der Waals surface area contributed by atoms with Gasteiger partial charge in [-0.15, -0.1) is 0 Å². The molecule has 2 aromatic rings. The van der Waals surface area contributed by atoms with Gasteiger partial charge in [-0.2, -0.15) is 0 Å². The molecule has 1 aromatic heterocycles. The van der Waals surface area contributed by atoms with Gasteiger partial charge in [-0.05, 0) is 37.0 Å². The maximum Gasteiger partial charge on any atom is 0.0553 e. The maximum atomic E-state index is 4.22. The van der Waals surface area contributed by atoms with Crippen LogP contribution in [0.4, 0.5) is 5.69 Å². The summed E-state index contributed by atoms with van der Waals surface area (Å²) < 4.78 is 0. The van der Waals surface area contributed by atoms with E-state index in [9.17, 15) is 0 Å². The molecule has 0 amide bonds. The Kier molecular flexibility index (Phi) is 4.85. The summed E-state index contributed by atoms with van der Waals surface area (Å²) in [7, 11) is 0. The Morgan fingerprint density at radius 3 is 2.86 bits per heavy atom. The Balaban J connectivity index is 1.48. The van der Waals surface area contributed by atoms with Gasteiger partial charge in [0.15, 0.2) is 0 Å². The number of piperazine rings is 1. The number of hydrogen-bond acceptors (Lipinski definition) is 3. The van der Waals surface area contributed by atoms with Gasteiger partial charge < -0.3 is 10.2 Å². The third kappa shape index (κ3) is 4.05. The summed E-state index contributed by atoms with van der Waals surface area (Å²) in [6, 6.07) is 15.5. The fourth-order valence-electron chi connectivity index (χ4n) is 2.99. The van der Waals surface area contributed by atoms with Gasteiger partial charge in [0.25, 0.3) is 0 Å². The van der Waals surface area contributed by atoms with Crippen molar-refractivity contribution in [2.75, 3.05) is 24.5 Å². The lowest BCUT2D eigenvalue weighted by atomic mass is 10.0. The van der Waals surface area contributed by atoms with Crippen molar-refractivity contribution in [2.45, 2.75) is 25.3 Å². The van der Waals surface area contributed by atoms with Crippen LogP contribution in [-0.4, -0.2) is 30.7 Å². The molecule has 0 radical (unpaired) electrons. The topological polar surface area (TPSA) is 28.2 Å². The van der Waals surface area contributed by atoms with Crippen LogP contribution in [0, 0.1) is 0 Å². The van der Waals surface area contributed by atoms with E-state index in [2.05, 4.69) is 51.6 Å². The van der Waals surface area contributed by atoms with Crippen LogP contribution in [0.15, 0.2) is 54.9 Å². The van der Waals surface area contributed by atoms with Crippen LogP contribution in [0.1, 0.15) is 18.4 Å². The second kappa shape index (κ2) is 7.23. The Labute approximate surface area is 127 Å². The van der Waals surface area contributed by atoms with E-state index in [4.69, 9.17) is 0 Å². The summed E-state index contributed by atoms with van der Waals surface area (Å²) in [5.74, 6) is 0. The number of nitrogens with zero attached hydrogens (tertiary/aromatic N) is 2. The van der Waals surface area contributed by atoms with Crippen LogP contribution in [0.25, 0.3) is 0 Å². The lowest BCUT2D eigenvalue weighted by Gasteiger charge is -2.35. The van der Waals surface area contributed by atoms with Crippen LogP contribution >= 0.6 is 0 Å². The van der Waals surface area contributed by atoms with Gasteiger partial charge in [-0.1, -0.05) is 30.3 Å². The van der Waals surface area contributed by atoms with Gasteiger partial charge >= 0.3 is 0 Å². The zero-order valence-corrected chi connectivity index (χ0v) is 12.4. The minimum atomic E-state index is 0.586. The molecule has 0 spiro atoms. The van der Waals surface area contributed by atoms with Crippen molar-refractivity contribution in [3.63, 3.8) is 0 Å². The summed E-state index contributed by atoms with van der Waals surface area (Å²) in [4.78, 5) is 6.67. The lowest BCUT2D eigenvalue weighted by molar-refractivity contribution is 0.425. The molecular weight excluding hydrogens is 258 g/mol. The molecule has 1 aromatic carbocycles. The maximum absolute atomic E-state index is 4.22. The van der Waals surface area contributed by atoms with Gasteiger partial charge in [-0.25, -0.2) is 0 Å². The predicted molar refractivity (Wildman–Crippen MR) is 87.6 cm³/mol. The van der Waals surface area contributed by atoms with Crippen LogP contribution in [0.5, 0.6) is 0 Å². The van der Waals surface area contributed by atoms with Crippen molar-refractivity contribution in [3.05, 3.63) is 60.4 Å². The Bertz CT molecular complexity index is 527. The monoisotopic (exact) mass is 281 g/mol. The predicted octanol–water partition coefficient (Wildman–Crippen LogP) is 2.88. The molecule has 0 bridgehead atoms. The van der Waals surface area contributed by atoms with Crippen LogP contribution in [0.2, 0.25) is 0 Å². The van der Waals surface area contributed by atoms with Gasteiger partial charge in [0.1, 0.15) is 0 Å². The molecule has 3 rings (SSSR count). The molecule has 1 saturated heterocycles. The molecular formula is C18H23N3. The molecule has 3 nitrogen and oxygen atoms in total. The molecule has 1 atom stereocenters. The fourth-order valence-corrected chi connectivity index (χ4v) is 2.99. The summed E-state index contributed by atoms with van der Waals surface area (Å²) in [6.07, 6.45) is 7.44. The lowest BCUT2D eigenvalue weighted by Crippen LogP contribution is -2.50. The van der Waals surface area contributed by atoms with Crippen molar-refractivity contribution >= 4 is 5.69 Å². The summed E-state index contributed by atoms with van der Waals surface area (Å²) in [5.41, 5.74) is 2.68. The number of hydrogen-bond donors (Lipinski definition) is 1. The minimum Gasteiger partial charge on any atom is -0.367 e. The largest absolute Gasteiger partial charge is 0.367 e. The smallest absolute Gasteiger partial charge is 0.0553 e. The highest BCUT2D eigenvalue weighted by molar-refractivity contribution is 5.44. The molecule has 0 saturated carbocycles. The van der Waals surface area contributed by atoms with Gasteiger partial charge in [0, 0.05) is 31.9 Å². The Hall–Kier alpha value is -1.87. The number of aryl methyl sites for hydroxylation is 1.